The topological polar surface area (TPSA) is 117 Å². The van der Waals surface area contributed by atoms with Gasteiger partial charge in [-0.15, -0.1) is 10.2 Å². The molecule has 1 aliphatic heterocycles. The van der Waals surface area contributed by atoms with E-state index in [9.17, 15) is 23.2 Å². The highest BCUT2D eigenvalue weighted by Gasteiger charge is 2.86. The molecule has 5 fully saturated rings. The van der Waals surface area contributed by atoms with Crippen LogP contribution in [0.25, 0.3) is 10.9 Å². The Balaban J connectivity index is 1.15. The van der Waals surface area contributed by atoms with Gasteiger partial charge < -0.3 is 19.4 Å². The third-order valence-corrected chi connectivity index (χ3v) is 10.4. The number of ether oxygens (including phenoxy) is 1. The van der Waals surface area contributed by atoms with Gasteiger partial charge in [0.25, 0.3) is 0 Å². The van der Waals surface area contributed by atoms with Crippen molar-refractivity contribution < 1.29 is 27.1 Å². The van der Waals surface area contributed by atoms with Gasteiger partial charge in [0.15, 0.2) is 0 Å². The molecule has 2 aromatic heterocycles. The van der Waals surface area contributed by atoms with E-state index in [1.54, 1.807) is 35.4 Å². The van der Waals surface area contributed by atoms with Crippen molar-refractivity contribution in [2.45, 2.75) is 93.9 Å². The maximum atomic E-state index is 14.8. The number of carbonyl (C=O) groups is 1. The normalized spacial score (nSPS) is 31.5. The van der Waals surface area contributed by atoms with Crippen molar-refractivity contribution in [3.05, 3.63) is 47.8 Å². The number of nitriles is 1. The van der Waals surface area contributed by atoms with Gasteiger partial charge in [0, 0.05) is 41.3 Å². The van der Waals surface area contributed by atoms with E-state index in [2.05, 4.69) is 26.6 Å². The van der Waals surface area contributed by atoms with Crippen molar-refractivity contribution in [3.8, 4) is 6.07 Å². The molecule has 43 heavy (non-hydrogen) atoms. The summed E-state index contributed by atoms with van der Waals surface area (Å²) in [6.07, 6.45) is 0.742. The molecule has 226 valence electrons. The molecule has 3 aromatic rings. The number of nitrogens with one attached hydrogen (secondary N) is 1. The van der Waals surface area contributed by atoms with Crippen LogP contribution in [0.3, 0.4) is 0 Å². The largest absolute Gasteiger partial charge is 0.444 e. The maximum absolute atomic E-state index is 14.8. The summed E-state index contributed by atoms with van der Waals surface area (Å²) in [5, 5.41) is 21.9. The zero-order chi connectivity index (χ0) is 30.5. The number of alkyl halides is 3. The lowest BCUT2D eigenvalue weighted by Gasteiger charge is -2.51. The van der Waals surface area contributed by atoms with E-state index in [-0.39, 0.29) is 30.9 Å². The number of nitrogens with zero attached hydrogens (tertiary/aromatic N) is 5. The summed E-state index contributed by atoms with van der Waals surface area (Å²) in [7, 11) is 0. The summed E-state index contributed by atoms with van der Waals surface area (Å²) < 4.78 is 56.1. The molecule has 2 bridgehead atoms. The number of rotatable bonds is 4. The number of amides is 1. The van der Waals surface area contributed by atoms with E-state index in [0.717, 1.165) is 0 Å². The number of carbonyl (C=O) groups excluding carboxylic acids is 1. The van der Waals surface area contributed by atoms with Gasteiger partial charge in [-0.25, -0.2) is 4.79 Å². The summed E-state index contributed by atoms with van der Waals surface area (Å²) in [6, 6.07) is 8.92. The smallest absolute Gasteiger partial charge is 0.408 e. The Kier molecular flexibility index (Phi) is 5.73. The van der Waals surface area contributed by atoms with Crippen LogP contribution in [0.1, 0.15) is 83.1 Å². The van der Waals surface area contributed by atoms with E-state index in [0.29, 0.717) is 66.6 Å². The second kappa shape index (κ2) is 8.83. The number of piperidine rings is 1. The zero-order valence-corrected chi connectivity index (χ0v) is 24.3. The molecule has 4 aliphatic carbocycles. The molecule has 3 heterocycles. The highest BCUT2D eigenvalue weighted by molar-refractivity contribution is 5.95. The summed E-state index contributed by atoms with van der Waals surface area (Å²) in [4.78, 5) is 18.6. The highest BCUT2D eigenvalue weighted by atomic mass is 19.4. The molecule has 9 nitrogen and oxygen atoms in total. The lowest BCUT2D eigenvalue weighted by Crippen LogP contribution is -2.58. The van der Waals surface area contributed by atoms with Crippen molar-refractivity contribution in [1.29, 1.82) is 5.26 Å². The summed E-state index contributed by atoms with van der Waals surface area (Å²) in [5.74, 6) is 0.443. The van der Waals surface area contributed by atoms with E-state index in [1.165, 1.54) is 0 Å². The molecular weight excluding hydrogens is 561 g/mol. The number of hydrogen-bond donors (Lipinski definition) is 1. The monoisotopic (exact) mass is 594 g/mol. The molecule has 0 unspecified atom stereocenters. The molecule has 12 heteroatoms. The first-order valence-electron chi connectivity index (χ1n) is 14.7. The van der Waals surface area contributed by atoms with Gasteiger partial charge in [-0.2, -0.15) is 18.4 Å². The minimum Gasteiger partial charge on any atom is -0.444 e. The number of aromatic nitrogens is 3. The molecule has 1 aromatic carbocycles. The van der Waals surface area contributed by atoms with Gasteiger partial charge in [-0.3, -0.25) is 4.98 Å². The minimum absolute atomic E-state index is 0.0436. The van der Waals surface area contributed by atoms with Crippen LogP contribution in [0.5, 0.6) is 0 Å². The molecular formula is C31H33F3N6O3. The van der Waals surface area contributed by atoms with Crippen LogP contribution in [0.2, 0.25) is 0 Å². The number of fused-ring (bicyclic) bond motifs is 5. The SMILES string of the molecule is CC(C)(C)OC(=O)NC12CCC(c3nnc([C@]45CN(c6ccc(C#N)c7ncccc67)C[C@@]4(C(F)(F)F)C5)o3)(CC1)CC2. The predicted octanol–water partition coefficient (Wildman–Crippen LogP) is 6.07. The Bertz CT molecular complexity index is 1650. The van der Waals surface area contributed by atoms with Crippen molar-refractivity contribution in [3.63, 3.8) is 0 Å². The van der Waals surface area contributed by atoms with Crippen LogP contribution in [0.4, 0.5) is 23.7 Å². The molecule has 0 radical (unpaired) electrons. The van der Waals surface area contributed by atoms with Crippen LogP contribution >= 0.6 is 0 Å². The standard InChI is InChI=1S/C31H33F3N6O3/c1-26(2,3)43-25(41)37-28-11-8-27(9-12-28,10-13-28)23-38-39-24(42-23)29-16-30(29,31(32,33)34)18-40(17-29)21-7-6-19(15-35)22-20(21)5-4-14-36-22/h4-7,14H,8-13,16-18H2,1-3H3,(H,37,41)/t27?,28?,29-,30-/m0/s1. The summed E-state index contributed by atoms with van der Waals surface area (Å²) in [6.45, 7) is 5.30. The number of hydrogen-bond acceptors (Lipinski definition) is 8. The van der Waals surface area contributed by atoms with Crippen molar-refractivity contribution in [2.75, 3.05) is 18.0 Å². The number of alkyl carbamates (subject to hydrolysis) is 1. The van der Waals surface area contributed by atoms with Crippen LogP contribution < -0.4 is 10.2 Å². The van der Waals surface area contributed by atoms with Gasteiger partial charge in [0.1, 0.15) is 17.1 Å². The zero-order valence-electron chi connectivity index (χ0n) is 24.3. The Hall–Kier alpha value is -3.88. The van der Waals surface area contributed by atoms with E-state index >= 15 is 0 Å². The van der Waals surface area contributed by atoms with Gasteiger partial charge in [0.2, 0.25) is 11.8 Å². The van der Waals surface area contributed by atoms with Crippen molar-refractivity contribution >= 4 is 22.7 Å². The first-order valence-corrected chi connectivity index (χ1v) is 14.7. The van der Waals surface area contributed by atoms with Gasteiger partial charge in [-0.1, -0.05) is 0 Å². The third kappa shape index (κ3) is 4.10. The fourth-order valence-corrected chi connectivity index (χ4v) is 7.94. The lowest BCUT2D eigenvalue weighted by atomic mass is 9.57. The molecule has 1 amide bonds. The summed E-state index contributed by atoms with van der Waals surface area (Å²) >= 11 is 0. The van der Waals surface area contributed by atoms with E-state index in [4.69, 9.17) is 9.15 Å². The lowest BCUT2D eigenvalue weighted by molar-refractivity contribution is -0.187. The Morgan fingerprint density at radius 3 is 2.40 bits per heavy atom. The number of anilines is 1. The number of pyridine rings is 1. The predicted molar refractivity (Wildman–Crippen MR) is 149 cm³/mol. The molecule has 8 rings (SSSR count). The molecule has 5 aliphatic rings. The second-order valence-electron chi connectivity index (χ2n) is 13.9. The van der Waals surface area contributed by atoms with Crippen LogP contribution in [0, 0.1) is 16.7 Å². The summed E-state index contributed by atoms with van der Waals surface area (Å²) in [5.41, 5.74) is -3.29. The van der Waals surface area contributed by atoms with E-state index in [1.807, 2.05) is 20.8 Å². The molecule has 4 saturated carbocycles. The first kappa shape index (κ1) is 27.9. The maximum Gasteiger partial charge on any atom is 0.408 e. The fraction of sp³-hybridized carbons (Fsp3) is 0.581. The van der Waals surface area contributed by atoms with Crippen LogP contribution in [0.15, 0.2) is 34.9 Å². The molecule has 1 N–H and O–H groups in total. The van der Waals surface area contributed by atoms with Crippen LogP contribution in [-0.4, -0.2) is 51.7 Å². The van der Waals surface area contributed by atoms with Crippen LogP contribution in [-0.2, 0) is 15.6 Å². The Morgan fingerprint density at radius 1 is 1.05 bits per heavy atom. The van der Waals surface area contributed by atoms with Gasteiger partial charge in [-0.05, 0) is 90.0 Å². The third-order valence-electron chi connectivity index (χ3n) is 10.4. The quantitative estimate of drug-likeness (QED) is 0.387. The average Bonchev–Trinajstić information content (AvgIpc) is 3.25. The number of halogens is 3. The number of benzene rings is 1. The minimum atomic E-state index is -4.47. The fourth-order valence-electron chi connectivity index (χ4n) is 7.94. The Morgan fingerprint density at radius 2 is 1.74 bits per heavy atom. The van der Waals surface area contributed by atoms with Gasteiger partial charge in [0.05, 0.1) is 16.5 Å². The first-order chi connectivity index (χ1) is 20.2. The molecule has 0 spiro atoms. The Labute approximate surface area is 246 Å². The molecule has 1 saturated heterocycles. The van der Waals surface area contributed by atoms with E-state index < -0.39 is 34.1 Å². The molecule has 2 atom stereocenters. The van der Waals surface area contributed by atoms with Crippen molar-refractivity contribution in [1.82, 2.24) is 20.5 Å². The van der Waals surface area contributed by atoms with Crippen molar-refractivity contribution in [2.24, 2.45) is 5.41 Å². The van der Waals surface area contributed by atoms with Gasteiger partial charge >= 0.3 is 12.3 Å². The second-order valence-corrected chi connectivity index (χ2v) is 13.9. The highest BCUT2D eigenvalue weighted by Crippen LogP contribution is 2.75. The average molecular weight is 595 g/mol.